The number of ether oxygens (including phenoxy) is 8. The summed E-state index contributed by atoms with van der Waals surface area (Å²) < 4.78 is 45.5. The van der Waals surface area contributed by atoms with Crippen LogP contribution in [0.1, 0.15) is 58.3 Å². The van der Waals surface area contributed by atoms with E-state index in [1.165, 1.54) is 27.2 Å². The number of methoxy groups -OCH3 is 2. The Morgan fingerprint density at radius 1 is 0.702 bits per heavy atom. The summed E-state index contributed by atoms with van der Waals surface area (Å²) in [6, 6.07) is 0. The van der Waals surface area contributed by atoms with Crippen LogP contribution >= 0.6 is 0 Å². The molecule has 11 unspecified atom stereocenters. The van der Waals surface area contributed by atoms with Crippen molar-refractivity contribution in [2.24, 2.45) is 17.8 Å². The van der Waals surface area contributed by atoms with Crippen LogP contribution in [0.5, 0.6) is 0 Å². The van der Waals surface area contributed by atoms with Crippen LogP contribution in [0.15, 0.2) is 12.2 Å². The van der Waals surface area contributed by atoms with E-state index in [9.17, 15) is 55.9 Å². The van der Waals surface area contributed by atoms with Crippen molar-refractivity contribution in [3.63, 3.8) is 0 Å². The molecule has 3 heterocycles. The van der Waals surface area contributed by atoms with E-state index in [2.05, 4.69) is 0 Å². The van der Waals surface area contributed by atoms with Gasteiger partial charge in [0.1, 0.15) is 48.8 Å². The van der Waals surface area contributed by atoms with Gasteiger partial charge in [0.2, 0.25) is 0 Å². The summed E-state index contributed by atoms with van der Waals surface area (Å²) in [5.74, 6) is -1.60. The molecule has 0 bridgehead atoms. The fourth-order valence-electron chi connectivity index (χ4n) is 9.55. The van der Waals surface area contributed by atoms with E-state index in [0.29, 0.717) is 32.1 Å². The van der Waals surface area contributed by atoms with E-state index in [0.717, 1.165) is 0 Å². The van der Waals surface area contributed by atoms with Crippen molar-refractivity contribution in [3.8, 4) is 0 Å². The number of allylic oxidation sites excluding steroid dienone is 1. The van der Waals surface area contributed by atoms with Gasteiger partial charge in [-0.3, -0.25) is 0 Å². The zero-order valence-electron chi connectivity index (χ0n) is 32.5. The second kappa shape index (κ2) is 19.5. The SMILES string of the molecule is COC1CC(C2[OH+]C3CC(O)CC(O)C3CC2O[C@@H]2O[C@H](CO[C@@H]3O[C@@H](C)[C@H](OC(=O)C=CC4CCC(O)C(O)C4)[C@@H](O)[C@H]3O)[C@@H](O)[C@H](O)[C@H]2O)CC(OC)C1O. The van der Waals surface area contributed by atoms with Crippen LogP contribution in [-0.4, -0.2) is 205 Å². The van der Waals surface area contributed by atoms with Gasteiger partial charge in [-0.05, 0) is 51.4 Å². The first kappa shape index (κ1) is 45.1. The second-order valence-electron chi connectivity index (χ2n) is 16.8. The molecule has 19 heteroatoms. The minimum atomic E-state index is -1.76. The highest BCUT2D eigenvalue weighted by Gasteiger charge is 2.56. The van der Waals surface area contributed by atoms with Crippen molar-refractivity contribution in [1.29, 1.82) is 0 Å². The summed E-state index contributed by atoms with van der Waals surface area (Å²) in [6.07, 6.45) is -16.7. The van der Waals surface area contributed by atoms with Gasteiger partial charge < -0.3 is 89.0 Å². The Labute approximate surface area is 331 Å². The van der Waals surface area contributed by atoms with E-state index in [1.807, 2.05) is 0 Å². The van der Waals surface area contributed by atoms with Gasteiger partial charge in [0.05, 0.1) is 55.3 Å². The van der Waals surface area contributed by atoms with Crippen molar-refractivity contribution in [3.05, 3.63) is 12.2 Å². The number of carbonyl (C=O) groups excluding carboxylic acids is 1. The molecule has 0 aromatic heterocycles. The van der Waals surface area contributed by atoms with Crippen LogP contribution in [0.2, 0.25) is 0 Å². The van der Waals surface area contributed by atoms with Gasteiger partial charge in [-0.15, -0.1) is 0 Å². The first-order valence-electron chi connectivity index (χ1n) is 20.1. The van der Waals surface area contributed by atoms with E-state index in [1.54, 1.807) is 6.08 Å². The third-order valence-electron chi connectivity index (χ3n) is 12.9. The third-order valence-corrected chi connectivity index (χ3v) is 12.9. The van der Waals surface area contributed by atoms with E-state index in [4.69, 9.17) is 37.9 Å². The van der Waals surface area contributed by atoms with Gasteiger partial charge in [-0.25, -0.2) is 4.79 Å². The molecule has 3 aliphatic heterocycles. The second-order valence-corrected chi connectivity index (χ2v) is 16.8. The van der Waals surface area contributed by atoms with Gasteiger partial charge >= 0.3 is 5.97 Å². The summed E-state index contributed by atoms with van der Waals surface area (Å²) in [5.41, 5.74) is 0. The lowest BCUT2D eigenvalue weighted by Crippen LogP contribution is -2.64. The monoisotopic (exact) mass is 823 g/mol. The number of aliphatic hydroxyl groups excluding tert-OH is 10. The molecule has 3 saturated heterocycles. The molecule has 0 spiro atoms. The molecule has 0 radical (unpaired) electrons. The van der Waals surface area contributed by atoms with E-state index in [-0.39, 0.29) is 43.1 Å². The van der Waals surface area contributed by atoms with Crippen molar-refractivity contribution in [2.45, 2.75) is 181 Å². The molecule has 0 amide bonds. The lowest BCUT2D eigenvalue weighted by molar-refractivity contribution is -0.363. The molecule has 0 aromatic carbocycles. The number of esters is 1. The molecule has 3 aliphatic carbocycles. The van der Waals surface area contributed by atoms with Crippen molar-refractivity contribution in [2.75, 3.05) is 20.8 Å². The Hall–Kier alpha value is -1.47. The lowest BCUT2D eigenvalue weighted by atomic mass is 9.72. The Kier molecular flexibility index (Phi) is 15.4. The molecular weight excluding hydrogens is 760 g/mol. The number of hydrogen-bond acceptors (Lipinski definition) is 18. The van der Waals surface area contributed by atoms with E-state index < -0.39 is 129 Å². The largest absolute Gasteiger partial charge is 0.454 e. The molecule has 21 atom stereocenters. The van der Waals surface area contributed by atoms with Gasteiger partial charge in [0, 0.05) is 39.1 Å². The molecular formula is C38H63O19+. The summed E-state index contributed by atoms with van der Waals surface area (Å²) in [6.45, 7) is 0.991. The molecule has 6 fully saturated rings. The zero-order chi connectivity index (χ0) is 41.3. The van der Waals surface area contributed by atoms with Crippen LogP contribution in [-0.2, 0) is 38.0 Å². The summed E-state index contributed by atoms with van der Waals surface area (Å²) in [7, 11) is 2.98. The average molecular weight is 824 g/mol. The molecule has 0 aromatic rings. The van der Waals surface area contributed by atoms with Gasteiger partial charge in [0.15, 0.2) is 30.9 Å². The third kappa shape index (κ3) is 10.2. The minimum Gasteiger partial charge on any atom is -0.454 e. The molecule has 3 saturated carbocycles. The predicted molar refractivity (Wildman–Crippen MR) is 192 cm³/mol. The number of aliphatic hydroxyl groups is 12. The van der Waals surface area contributed by atoms with Gasteiger partial charge in [0.25, 0.3) is 0 Å². The Morgan fingerprint density at radius 2 is 1.39 bits per heavy atom. The van der Waals surface area contributed by atoms with Crippen LogP contribution in [0.4, 0.5) is 0 Å². The molecule has 19 nitrogen and oxygen atoms in total. The molecule has 6 rings (SSSR count). The zero-order valence-corrected chi connectivity index (χ0v) is 32.5. The highest BCUT2D eigenvalue weighted by Crippen LogP contribution is 2.43. The van der Waals surface area contributed by atoms with Gasteiger partial charge in [-0.1, -0.05) is 6.08 Å². The van der Waals surface area contributed by atoms with Crippen LogP contribution in [0, 0.1) is 17.8 Å². The minimum absolute atomic E-state index is 0.156. The fourth-order valence-corrected chi connectivity index (χ4v) is 9.55. The van der Waals surface area contributed by atoms with Crippen molar-refractivity contribution in [1.82, 2.24) is 0 Å². The summed E-state index contributed by atoms with van der Waals surface area (Å²) in [5, 5.41) is 107. The lowest BCUT2D eigenvalue weighted by Gasteiger charge is -2.49. The highest BCUT2D eigenvalue weighted by atomic mass is 16.7. The van der Waals surface area contributed by atoms with Crippen LogP contribution in [0.25, 0.3) is 0 Å². The number of rotatable bonds is 11. The smallest absolute Gasteiger partial charge is 0.330 e. The first-order valence-corrected chi connectivity index (χ1v) is 20.1. The van der Waals surface area contributed by atoms with E-state index >= 15 is 0 Å². The maximum Gasteiger partial charge on any atom is 0.330 e. The van der Waals surface area contributed by atoms with Gasteiger partial charge in [-0.2, -0.15) is 0 Å². The predicted octanol–water partition coefficient (Wildman–Crippen LogP) is -3.75. The maximum absolute atomic E-state index is 12.6. The number of fused-ring (bicyclic) bond motifs is 1. The Balaban J connectivity index is 1.09. The van der Waals surface area contributed by atoms with Crippen molar-refractivity contribution >= 4 is 5.97 Å². The standard InChI is InChI=1S/C38H62O19/c1-15-35(57-28(43)7-5-16-4-6-20(40)22(42)8-16)32(47)34(49)37(53-15)52-14-27-30(45)31(46)33(48)38(56-27)55-26-13-19-21(41)11-18(39)12-23(19)54-36(26)17-9-24(50-2)29(44)25(10-17)51-3/h5,7,15-27,29-42,44-49H,4,6,8-14H2,1-3H3/p+1/t15-,16?,17?,18?,19?,20?,21?,22?,23?,24?,25?,26?,27+,29?,30+,31-,32-,33+,34+,35-,36?,37+,38+/m0/s1. The number of hydrogen-bond donors (Lipinski definition) is 10. The van der Waals surface area contributed by atoms with Crippen LogP contribution < -0.4 is 0 Å². The molecule has 328 valence electrons. The Morgan fingerprint density at radius 3 is 2.05 bits per heavy atom. The first-order chi connectivity index (χ1) is 27.1. The quantitative estimate of drug-likeness (QED) is 0.0544. The molecule has 11 N–H and O–H groups in total. The summed E-state index contributed by atoms with van der Waals surface area (Å²) in [4.78, 5) is 12.6. The maximum atomic E-state index is 12.6. The molecule has 6 aliphatic rings. The van der Waals surface area contributed by atoms with Crippen molar-refractivity contribution < 1.29 is 93.8 Å². The van der Waals surface area contributed by atoms with Crippen LogP contribution in [0.3, 0.4) is 0 Å². The normalized spacial score (nSPS) is 51.0. The Bertz CT molecular complexity index is 1310. The fraction of sp³-hybridized carbons (Fsp3) is 0.921. The molecule has 57 heavy (non-hydrogen) atoms. The number of carbonyl (C=O) groups is 1. The average Bonchev–Trinajstić information content (AvgIpc) is 3.18. The topological polar surface area (TPSA) is 297 Å². The highest BCUT2D eigenvalue weighted by molar-refractivity contribution is 5.82. The summed E-state index contributed by atoms with van der Waals surface area (Å²) >= 11 is 0.